The van der Waals surface area contributed by atoms with Crippen LogP contribution >= 0.6 is 0 Å². The molecule has 4 nitrogen and oxygen atoms in total. The van der Waals surface area contributed by atoms with Crippen molar-refractivity contribution in [2.75, 3.05) is 0 Å². The highest BCUT2D eigenvalue weighted by molar-refractivity contribution is 5.87. The van der Waals surface area contributed by atoms with E-state index in [0.717, 1.165) is 28.0 Å². The first kappa shape index (κ1) is 15.1. The lowest BCUT2D eigenvalue weighted by molar-refractivity contribution is 0.0697. The topological polar surface area (TPSA) is 66.8 Å². The Morgan fingerprint density at radius 2 is 1.62 bits per heavy atom. The normalized spacial score (nSPS) is 10.4. The molecule has 0 unspecified atom stereocenters. The van der Waals surface area contributed by atoms with Gasteiger partial charge in [-0.3, -0.25) is 0 Å². The van der Waals surface area contributed by atoms with Crippen molar-refractivity contribution in [3.05, 3.63) is 64.2 Å². The van der Waals surface area contributed by atoms with Crippen LogP contribution in [0.1, 0.15) is 32.6 Å². The van der Waals surface area contributed by atoms with Crippen molar-refractivity contribution in [2.24, 2.45) is 0 Å². The third-order valence-electron chi connectivity index (χ3n) is 3.29. The average Bonchev–Trinajstić information content (AvgIpc) is 2.46. The van der Waals surface area contributed by atoms with Gasteiger partial charge >= 0.3 is 5.97 Å². The van der Waals surface area contributed by atoms with Gasteiger partial charge < -0.3 is 14.9 Å². The minimum atomic E-state index is -0.936. The van der Waals surface area contributed by atoms with E-state index in [0.29, 0.717) is 6.61 Å². The van der Waals surface area contributed by atoms with Gasteiger partial charge in [0.2, 0.25) is 0 Å². The zero-order chi connectivity index (χ0) is 15.4. The summed E-state index contributed by atoms with van der Waals surface area (Å²) in [5.74, 6) is -0.136. The lowest BCUT2D eigenvalue weighted by Crippen LogP contribution is -2.01. The Bertz CT molecular complexity index is 621. The van der Waals surface area contributed by atoms with E-state index in [-0.39, 0.29) is 12.2 Å². The molecule has 0 spiro atoms. The van der Waals surface area contributed by atoms with E-state index in [1.165, 1.54) is 0 Å². The Morgan fingerprint density at radius 1 is 1.05 bits per heavy atom. The average molecular weight is 286 g/mol. The molecule has 4 heteroatoms. The van der Waals surface area contributed by atoms with Gasteiger partial charge in [0.05, 0.1) is 12.2 Å². The number of aliphatic hydroxyl groups excluding tert-OH is 1. The van der Waals surface area contributed by atoms with Crippen molar-refractivity contribution in [3.63, 3.8) is 0 Å². The minimum Gasteiger partial charge on any atom is -0.488 e. The molecule has 0 heterocycles. The van der Waals surface area contributed by atoms with Gasteiger partial charge in [0.15, 0.2) is 0 Å². The number of benzene rings is 2. The Balaban J connectivity index is 2.11. The fourth-order valence-electron chi connectivity index (χ4n) is 2.26. The van der Waals surface area contributed by atoms with Crippen molar-refractivity contribution < 1.29 is 19.7 Å². The summed E-state index contributed by atoms with van der Waals surface area (Å²) in [4.78, 5) is 10.8. The predicted octanol–water partition coefficient (Wildman–Crippen LogP) is 3.07. The third-order valence-corrected chi connectivity index (χ3v) is 3.29. The fourth-order valence-corrected chi connectivity index (χ4v) is 2.26. The van der Waals surface area contributed by atoms with Gasteiger partial charge in [-0.2, -0.15) is 0 Å². The van der Waals surface area contributed by atoms with Crippen LogP contribution in [0.5, 0.6) is 5.75 Å². The van der Waals surface area contributed by atoms with Gasteiger partial charge in [0, 0.05) is 0 Å². The smallest absolute Gasteiger partial charge is 0.335 e. The number of rotatable bonds is 5. The molecule has 110 valence electrons. The summed E-state index contributed by atoms with van der Waals surface area (Å²) in [5.41, 5.74) is 3.98. The summed E-state index contributed by atoms with van der Waals surface area (Å²) >= 11 is 0. The summed E-state index contributed by atoms with van der Waals surface area (Å²) in [6, 6.07) is 10.4. The minimum absolute atomic E-state index is 0.0125. The molecule has 21 heavy (non-hydrogen) atoms. The van der Waals surface area contributed by atoms with E-state index in [4.69, 9.17) is 14.9 Å². The van der Waals surface area contributed by atoms with Crippen molar-refractivity contribution >= 4 is 5.97 Å². The molecule has 0 radical (unpaired) electrons. The molecule has 0 aliphatic rings. The van der Waals surface area contributed by atoms with Gasteiger partial charge in [0.1, 0.15) is 12.4 Å². The second-order valence-corrected chi connectivity index (χ2v) is 5.01. The number of carboxylic acid groups (broad SMARTS) is 1. The Morgan fingerprint density at radius 3 is 2.10 bits per heavy atom. The maximum absolute atomic E-state index is 10.8. The van der Waals surface area contributed by atoms with Gasteiger partial charge in [0.25, 0.3) is 0 Å². The van der Waals surface area contributed by atoms with E-state index in [1.54, 1.807) is 24.3 Å². The first-order valence-electron chi connectivity index (χ1n) is 6.67. The van der Waals surface area contributed by atoms with Gasteiger partial charge in [-0.1, -0.05) is 24.3 Å². The van der Waals surface area contributed by atoms with E-state index < -0.39 is 5.97 Å². The highest BCUT2D eigenvalue weighted by Crippen LogP contribution is 2.25. The quantitative estimate of drug-likeness (QED) is 0.886. The third kappa shape index (κ3) is 3.61. The molecule has 0 aliphatic carbocycles. The highest BCUT2D eigenvalue weighted by atomic mass is 16.5. The number of carbonyl (C=O) groups is 1. The van der Waals surface area contributed by atoms with Gasteiger partial charge in [-0.25, -0.2) is 4.79 Å². The van der Waals surface area contributed by atoms with Crippen LogP contribution in [0, 0.1) is 13.8 Å². The lowest BCUT2D eigenvalue weighted by atomic mass is 10.1. The van der Waals surface area contributed by atoms with Gasteiger partial charge in [-0.05, 0) is 48.2 Å². The highest BCUT2D eigenvalue weighted by Gasteiger charge is 2.07. The Hall–Kier alpha value is -2.33. The SMILES string of the molecule is Cc1cc(CO)cc(C)c1OCc1ccc(C(=O)O)cc1. The van der Waals surface area contributed by atoms with E-state index in [1.807, 2.05) is 26.0 Å². The molecular formula is C17H18O4. The first-order valence-corrected chi connectivity index (χ1v) is 6.67. The number of aryl methyl sites for hydroxylation is 2. The van der Waals surface area contributed by atoms with E-state index in [2.05, 4.69) is 0 Å². The largest absolute Gasteiger partial charge is 0.488 e. The molecule has 0 fully saturated rings. The zero-order valence-electron chi connectivity index (χ0n) is 12.1. The number of aromatic carboxylic acids is 1. The molecule has 0 saturated heterocycles. The molecule has 0 atom stereocenters. The number of hydrogen-bond donors (Lipinski definition) is 2. The zero-order valence-corrected chi connectivity index (χ0v) is 12.1. The fraction of sp³-hybridized carbons (Fsp3) is 0.235. The first-order chi connectivity index (χ1) is 10.0. The maximum Gasteiger partial charge on any atom is 0.335 e. The molecule has 0 aromatic heterocycles. The maximum atomic E-state index is 10.8. The molecule has 2 rings (SSSR count). The molecule has 2 aromatic rings. The second-order valence-electron chi connectivity index (χ2n) is 5.01. The van der Waals surface area contributed by atoms with Crippen LogP contribution in [-0.4, -0.2) is 16.2 Å². The molecule has 0 aliphatic heterocycles. The summed E-state index contributed by atoms with van der Waals surface area (Å²) in [6.07, 6.45) is 0. The van der Waals surface area contributed by atoms with Crippen molar-refractivity contribution in [3.8, 4) is 5.75 Å². The summed E-state index contributed by atoms with van der Waals surface area (Å²) in [5, 5.41) is 18.0. The van der Waals surface area contributed by atoms with Crippen molar-refractivity contribution in [1.29, 1.82) is 0 Å². The van der Waals surface area contributed by atoms with E-state index >= 15 is 0 Å². The second kappa shape index (κ2) is 6.41. The Kier molecular flexibility index (Phi) is 4.60. The number of hydrogen-bond acceptors (Lipinski definition) is 3. The molecule has 2 aromatic carbocycles. The number of ether oxygens (including phenoxy) is 1. The number of aliphatic hydroxyl groups is 1. The molecule has 0 saturated carbocycles. The van der Waals surface area contributed by atoms with Gasteiger partial charge in [-0.15, -0.1) is 0 Å². The van der Waals surface area contributed by atoms with Crippen LogP contribution in [0.3, 0.4) is 0 Å². The molecule has 2 N–H and O–H groups in total. The predicted molar refractivity (Wildman–Crippen MR) is 79.6 cm³/mol. The van der Waals surface area contributed by atoms with Crippen LogP contribution in [0.15, 0.2) is 36.4 Å². The van der Waals surface area contributed by atoms with Crippen LogP contribution in [0.2, 0.25) is 0 Å². The summed E-state index contributed by atoms with van der Waals surface area (Å²) < 4.78 is 5.82. The summed E-state index contributed by atoms with van der Waals surface area (Å²) in [6.45, 7) is 4.27. The van der Waals surface area contributed by atoms with Crippen molar-refractivity contribution in [1.82, 2.24) is 0 Å². The van der Waals surface area contributed by atoms with Crippen LogP contribution < -0.4 is 4.74 Å². The molecule has 0 amide bonds. The number of carboxylic acids is 1. The standard InChI is InChI=1S/C17H18O4/c1-11-7-14(9-18)8-12(2)16(11)21-10-13-3-5-15(6-4-13)17(19)20/h3-8,18H,9-10H2,1-2H3,(H,19,20). The lowest BCUT2D eigenvalue weighted by Gasteiger charge is -2.13. The Labute approximate surface area is 123 Å². The summed E-state index contributed by atoms with van der Waals surface area (Å²) in [7, 11) is 0. The monoisotopic (exact) mass is 286 g/mol. The molecular weight excluding hydrogens is 268 g/mol. The van der Waals surface area contributed by atoms with Crippen LogP contribution in [0.25, 0.3) is 0 Å². The van der Waals surface area contributed by atoms with Crippen LogP contribution in [-0.2, 0) is 13.2 Å². The van der Waals surface area contributed by atoms with E-state index in [9.17, 15) is 4.79 Å². The van der Waals surface area contributed by atoms with Crippen LogP contribution in [0.4, 0.5) is 0 Å². The molecule has 0 bridgehead atoms. The van der Waals surface area contributed by atoms with Crippen molar-refractivity contribution in [2.45, 2.75) is 27.1 Å².